The van der Waals surface area contributed by atoms with Gasteiger partial charge in [0, 0.05) is 6.04 Å². The number of nitrogens with zero attached hydrogens (tertiary/aromatic N) is 1. The molecule has 0 saturated carbocycles. The lowest BCUT2D eigenvalue weighted by atomic mass is 10.0. The summed E-state index contributed by atoms with van der Waals surface area (Å²) in [6.07, 6.45) is -0.560. The van der Waals surface area contributed by atoms with Gasteiger partial charge < -0.3 is 10.0 Å². The molecule has 0 fully saturated rings. The lowest BCUT2D eigenvalue weighted by molar-refractivity contribution is 0.0859. The van der Waals surface area contributed by atoms with Crippen LogP contribution in [0, 0.1) is 0 Å². The largest absolute Gasteiger partial charge is 0.387 e. The molecule has 0 heterocycles. The van der Waals surface area contributed by atoms with Crippen LogP contribution in [-0.2, 0) is 0 Å². The molecule has 0 bridgehead atoms. The smallest absolute Gasteiger partial charge is 0.0942 e. The van der Waals surface area contributed by atoms with Crippen molar-refractivity contribution in [1.29, 1.82) is 0 Å². The van der Waals surface area contributed by atoms with E-state index in [1.54, 1.807) is 18.2 Å². The molecular formula is C11H16Cl3NO. The molecule has 0 radical (unpaired) electrons. The van der Waals surface area contributed by atoms with Crippen molar-refractivity contribution < 1.29 is 5.11 Å². The zero-order valence-electron chi connectivity index (χ0n) is 9.45. The van der Waals surface area contributed by atoms with Crippen molar-refractivity contribution in [3.8, 4) is 0 Å². The second kappa shape index (κ2) is 6.67. The second-order valence-corrected chi connectivity index (χ2v) is 4.64. The Morgan fingerprint density at radius 1 is 1.19 bits per heavy atom. The number of halogens is 3. The summed E-state index contributed by atoms with van der Waals surface area (Å²) in [5, 5.41) is 11.0. The minimum Gasteiger partial charge on any atom is -0.387 e. The van der Waals surface area contributed by atoms with Gasteiger partial charge in [-0.25, -0.2) is 0 Å². The first-order valence-electron chi connectivity index (χ1n) is 4.73. The number of aliphatic hydroxyl groups is 1. The normalized spacial score (nSPS) is 14.4. The molecule has 2 atom stereocenters. The Hall–Kier alpha value is 0.01000. The zero-order chi connectivity index (χ0) is 11.6. The highest BCUT2D eigenvalue weighted by molar-refractivity contribution is 6.42. The topological polar surface area (TPSA) is 23.5 Å². The third kappa shape index (κ3) is 3.79. The van der Waals surface area contributed by atoms with E-state index in [0.29, 0.717) is 10.0 Å². The molecule has 92 valence electrons. The van der Waals surface area contributed by atoms with Gasteiger partial charge in [-0.05, 0) is 38.7 Å². The fourth-order valence-corrected chi connectivity index (χ4v) is 1.56. The van der Waals surface area contributed by atoms with Crippen LogP contribution in [0.15, 0.2) is 18.2 Å². The van der Waals surface area contributed by atoms with E-state index in [-0.39, 0.29) is 18.4 Å². The SMILES string of the molecule is CC(C(O)c1ccc(Cl)c(Cl)c1)N(C)C.Cl. The summed E-state index contributed by atoms with van der Waals surface area (Å²) >= 11 is 11.7. The molecule has 2 nitrogen and oxygen atoms in total. The number of likely N-dealkylation sites (N-methyl/N-ethyl adjacent to an activating group) is 1. The van der Waals surface area contributed by atoms with E-state index < -0.39 is 6.10 Å². The van der Waals surface area contributed by atoms with Crippen LogP contribution < -0.4 is 0 Å². The van der Waals surface area contributed by atoms with E-state index in [4.69, 9.17) is 23.2 Å². The number of aliphatic hydroxyl groups excluding tert-OH is 1. The summed E-state index contributed by atoms with van der Waals surface area (Å²) in [5.74, 6) is 0. The van der Waals surface area contributed by atoms with Crippen LogP contribution in [0.2, 0.25) is 10.0 Å². The summed E-state index contributed by atoms with van der Waals surface area (Å²) in [6.45, 7) is 1.95. The Balaban J connectivity index is 0.00000225. The quantitative estimate of drug-likeness (QED) is 0.919. The monoisotopic (exact) mass is 283 g/mol. The Morgan fingerprint density at radius 3 is 2.19 bits per heavy atom. The van der Waals surface area contributed by atoms with E-state index in [9.17, 15) is 5.11 Å². The molecule has 5 heteroatoms. The van der Waals surface area contributed by atoms with Gasteiger partial charge in [-0.3, -0.25) is 0 Å². The second-order valence-electron chi connectivity index (χ2n) is 3.82. The van der Waals surface area contributed by atoms with Crippen LogP contribution in [-0.4, -0.2) is 30.1 Å². The zero-order valence-corrected chi connectivity index (χ0v) is 11.8. The molecule has 0 aromatic heterocycles. The van der Waals surface area contributed by atoms with Gasteiger partial charge in [-0.2, -0.15) is 0 Å². The first-order valence-corrected chi connectivity index (χ1v) is 5.48. The Kier molecular flexibility index (Phi) is 6.68. The minimum atomic E-state index is -0.560. The van der Waals surface area contributed by atoms with Crippen LogP contribution in [0.25, 0.3) is 0 Å². The third-order valence-electron chi connectivity index (χ3n) is 2.56. The van der Waals surface area contributed by atoms with Crippen molar-refractivity contribution in [1.82, 2.24) is 4.90 Å². The first kappa shape index (κ1) is 16.0. The standard InChI is InChI=1S/C11H15Cl2NO.ClH/c1-7(14(2)3)11(15)8-4-5-9(12)10(13)6-8;/h4-7,11,15H,1-3H3;1H. The average molecular weight is 285 g/mol. The molecule has 1 rings (SSSR count). The van der Waals surface area contributed by atoms with Crippen LogP contribution in [0.4, 0.5) is 0 Å². The summed E-state index contributed by atoms with van der Waals surface area (Å²) in [5.41, 5.74) is 0.783. The predicted octanol–water partition coefficient (Wildman–Crippen LogP) is 3.40. The maximum absolute atomic E-state index is 10.0. The lowest BCUT2D eigenvalue weighted by Gasteiger charge is -2.25. The van der Waals surface area contributed by atoms with Gasteiger partial charge in [0.25, 0.3) is 0 Å². The van der Waals surface area contributed by atoms with E-state index in [1.807, 2.05) is 25.9 Å². The molecule has 2 unspecified atom stereocenters. The summed E-state index contributed by atoms with van der Waals surface area (Å²) in [7, 11) is 3.84. The average Bonchev–Trinajstić information content (AvgIpc) is 2.19. The van der Waals surface area contributed by atoms with Crippen LogP contribution in [0.5, 0.6) is 0 Å². The molecule has 0 saturated heterocycles. The fraction of sp³-hybridized carbons (Fsp3) is 0.455. The van der Waals surface area contributed by atoms with Gasteiger partial charge in [0.1, 0.15) is 0 Å². The van der Waals surface area contributed by atoms with Gasteiger partial charge in [0.2, 0.25) is 0 Å². The van der Waals surface area contributed by atoms with Gasteiger partial charge in [0.15, 0.2) is 0 Å². The van der Waals surface area contributed by atoms with E-state index in [2.05, 4.69) is 0 Å². The number of hydrogen-bond acceptors (Lipinski definition) is 2. The van der Waals surface area contributed by atoms with Crippen molar-refractivity contribution >= 4 is 35.6 Å². The van der Waals surface area contributed by atoms with E-state index >= 15 is 0 Å². The van der Waals surface area contributed by atoms with Crippen LogP contribution in [0.3, 0.4) is 0 Å². The van der Waals surface area contributed by atoms with Crippen molar-refractivity contribution in [2.45, 2.75) is 19.1 Å². The van der Waals surface area contributed by atoms with E-state index in [1.165, 1.54) is 0 Å². The fourth-order valence-electron chi connectivity index (χ4n) is 1.26. The minimum absolute atomic E-state index is 0. The van der Waals surface area contributed by atoms with Crippen molar-refractivity contribution in [2.75, 3.05) is 14.1 Å². The van der Waals surface area contributed by atoms with E-state index in [0.717, 1.165) is 5.56 Å². The molecule has 16 heavy (non-hydrogen) atoms. The number of benzene rings is 1. The lowest BCUT2D eigenvalue weighted by Crippen LogP contribution is -2.30. The van der Waals surface area contributed by atoms with Gasteiger partial charge in [0.05, 0.1) is 16.1 Å². The summed E-state index contributed by atoms with van der Waals surface area (Å²) in [6, 6.07) is 5.22. The molecule has 1 aromatic rings. The van der Waals surface area contributed by atoms with Gasteiger partial charge in [-0.1, -0.05) is 29.3 Å². The highest BCUT2D eigenvalue weighted by Gasteiger charge is 2.18. The molecule has 1 aromatic carbocycles. The summed E-state index contributed by atoms with van der Waals surface area (Å²) < 4.78 is 0. The first-order chi connectivity index (χ1) is 6.93. The molecule has 0 amide bonds. The maximum Gasteiger partial charge on any atom is 0.0942 e. The Bertz CT molecular complexity index is 344. The van der Waals surface area contributed by atoms with Crippen LogP contribution >= 0.6 is 35.6 Å². The Labute approximate surface area is 113 Å². The van der Waals surface area contributed by atoms with Gasteiger partial charge >= 0.3 is 0 Å². The van der Waals surface area contributed by atoms with Crippen molar-refractivity contribution in [2.24, 2.45) is 0 Å². The predicted molar refractivity (Wildman–Crippen MR) is 71.8 cm³/mol. The number of rotatable bonds is 3. The van der Waals surface area contributed by atoms with Crippen LogP contribution in [0.1, 0.15) is 18.6 Å². The Morgan fingerprint density at radius 2 is 1.75 bits per heavy atom. The highest BCUT2D eigenvalue weighted by Crippen LogP contribution is 2.27. The van der Waals surface area contributed by atoms with Crippen molar-refractivity contribution in [3.05, 3.63) is 33.8 Å². The molecule has 0 spiro atoms. The third-order valence-corrected chi connectivity index (χ3v) is 3.30. The van der Waals surface area contributed by atoms with Gasteiger partial charge in [-0.15, -0.1) is 12.4 Å². The number of hydrogen-bond donors (Lipinski definition) is 1. The maximum atomic E-state index is 10.0. The molecule has 0 aliphatic rings. The molecular weight excluding hydrogens is 268 g/mol. The van der Waals surface area contributed by atoms with Crippen molar-refractivity contribution in [3.63, 3.8) is 0 Å². The highest BCUT2D eigenvalue weighted by atomic mass is 35.5. The summed E-state index contributed by atoms with van der Waals surface area (Å²) in [4.78, 5) is 1.95. The molecule has 0 aliphatic heterocycles. The molecule has 1 N–H and O–H groups in total. The molecule has 0 aliphatic carbocycles.